The van der Waals surface area contributed by atoms with Gasteiger partial charge >= 0.3 is 0 Å². The minimum absolute atomic E-state index is 0.0534. The van der Waals surface area contributed by atoms with Crippen molar-refractivity contribution in [1.82, 2.24) is 9.80 Å². The molecule has 2 fully saturated rings. The van der Waals surface area contributed by atoms with E-state index in [2.05, 4.69) is 11.9 Å². The molecule has 1 aromatic carbocycles. The Morgan fingerprint density at radius 3 is 2.90 bits per heavy atom. The third kappa shape index (κ3) is 2.06. The fourth-order valence-corrected chi connectivity index (χ4v) is 3.38. The molecule has 4 nitrogen and oxygen atoms in total. The van der Waals surface area contributed by atoms with E-state index in [1.807, 2.05) is 0 Å². The molecule has 0 N–H and O–H groups in total. The van der Waals surface area contributed by atoms with Crippen LogP contribution in [0, 0.1) is 11.7 Å². The number of benzene rings is 1. The number of likely N-dealkylation sites (tertiary alicyclic amines) is 2. The maximum atomic E-state index is 14.0. The average Bonchev–Trinajstić information content (AvgIpc) is 3.00. The van der Waals surface area contributed by atoms with Crippen LogP contribution in [-0.2, 0) is 0 Å². The van der Waals surface area contributed by atoms with E-state index >= 15 is 0 Å². The molecular formula is C15H19FN2O2. The Morgan fingerprint density at radius 2 is 2.20 bits per heavy atom. The fraction of sp³-hybridized carbons (Fsp3) is 0.533. The number of hydrogen-bond donors (Lipinski definition) is 0. The molecule has 2 heterocycles. The number of fused-ring (bicyclic) bond motifs is 1. The van der Waals surface area contributed by atoms with Crippen LogP contribution < -0.4 is 4.74 Å². The zero-order valence-corrected chi connectivity index (χ0v) is 11.8. The lowest BCUT2D eigenvalue weighted by Gasteiger charge is -2.21. The second kappa shape index (κ2) is 5.05. The Bertz CT molecular complexity index is 535. The second-order valence-corrected chi connectivity index (χ2v) is 5.62. The monoisotopic (exact) mass is 278 g/mol. The van der Waals surface area contributed by atoms with Gasteiger partial charge in [-0.15, -0.1) is 0 Å². The molecule has 0 aliphatic carbocycles. The van der Waals surface area contributed by atoms with E-state index in [1.54, 1.807) is 17.0 Å². The maximum absolute atomic E-state index is 14.0. The van der Waals surface area contributed by atoms with Gasteiger partial charge in [0.25, 0.3) is 5.91 Å². The average molecular weight is 278 g/mol. The summed E-state index contributed by atoms with van der Waals surface area (Å²) in [6.07, 6.45) is 1.11. The number of likely N-dealkylation sites (N-methyl/N-ethyl adjacent to an activating group) is 1. The summed E-state index contributed by atoms with van der Waals surface area (Å²) in [6, 6.07) is 4.90. The van der Waals surface area contributed by atoms with Gasteiger partial charge in [0.05, 0.1) is 7.11 Å². The fourth-order valence-electron chi connectivity index (χ4n) is 3.38. The molecule has 1 amide bonds. The second-order valence-electron chi connectivity index (χ2n) is 5.62. The quantitative estimate of drug-likeness (QED) is 0.824. The van der Waals surface area contributed by atoms with E-state index in [0.717, 1.165) is 13.0 Å². The first kappa shape index (κ1) is 13.4. The topological polar surface area (TPSA) is 32.8 Å². The van der Waals surface area contributed by atoms with Crippen LogP contribution in [0.5, 0.6) is 5.75 Å². The summed E-state index contributed by atoms with van der Waals surface area (Å²) in [4.78, 5) is 16.6. The first-order valence-corrected chi connectivity index (χ1v) is 6.94. The Balaban J connectivity index is 1.84. The summed E-state index contributed by atoms with van der Waals surface area (Å²) in [5.74, 6) is 0.0460. The van der Waals surface area contributed by atoms with Gasteiger partial charge in [0, 0.05) is 19.1 Å². The molecule has 2 aliphatic heterocycles. The molecule has 2 aliphatic rings. The van der Waals surface area contributed by atoms with Crippen molar-refractivity contribution in [3.63, 3.8) is 0 Å². The Hall–Kier alpha value is -1.62. The standard InChI is InChI=1S/C15H19FN2O2/c1-17-7-6-10-8-18(9-12(10)17)15(19)14-11(16)4-3-5-13(14)20-2/h3-5,10,12H,6-9H2,1-2H3/t10-,12+/m1/s1. The number of carbonyl (C=O) groups excluding carboxylic acids is 1. The SMILES string of the molecule is COc1cccc(F)c1C(=O)N1C[C@H]2CCN(C)[C@H]2C1. The van der Waals surface area contributed by atoms with Crippen molar-refractivity contribution >= 4 is 5.91 Å². The largest absolute Gasteiger partial charge is 0.496 e. The third-order valence-electron chi connectivity index (χ3n) is 4.52. The molecule has 0 radical (unpaired) electrons. The van der Waals surface area contributed by atoms with Crippen molar-refractivity contribution in [3.8, 4) is 5.75 Å². The van der Waals surface area contributed by atoms with E-state index in [4.69, 9.17) is 4.74 Å². The molecule has 2 atom stereocenters. The molecular weight excluding hydrogens is 259 g/mol. The molecule has 5 heteroatoms. The van der Waals surface area contributed by atoms with E-state index < -0.39 is 5.82 Å². The number of rotatable bonds is 2. The molecule has 0 unspecified atom stereocenters. The third-order valence-corrected chi connectivity index (χ3v) is 4.52. The number of amides is 1. The molecule has 3 rings (SSSR count). The zero-order chi connectivity index (χ0) is 14.3. The number of halogens is 1. The van der Waals surface area contributed by atoms with Crippen LogP contribution in [0.4, 0.5) is 4.39 Å². The van der Waals surface area contributed by atoms with Crippen LogP contribution in [0.1, 0.15) is 16.8 Å². The van der Waals surface area contributed by atoms with E-state index in [9.17, 15) is 9.18 Å². The van der Waals surface area contributed by atoms with Crippen molar-refractivity contribution in [2.45, 2.75) is 12.5 Å². The van der Waals surface area contributed by atoms with Gasteiger partial charge in [-0.2, -0.15) is 0 Å². The highest BCUT2D eigenvalue weighted by Crippen LogP contribution is 2.32. The lowest BCUT2D eigenvalue weighted by molar-refractivity contribution is 0.0766. The highest BCUT2D eigenvalue weighted by Gasteiger charge is 2.42. The van der Waals surface area contributed by atoms with Crippen LogP contribution in [0.15, 0.2) is 18.2 Å². The van der Waals surface area contributed by atoms with Crippen molar-refractivity contribution in [1.29, 1.82) is 0 Å². The minimum Gasteiger partial charge on any atom is -0.496 e. The van der Waals surface area contributed by atoms with Crippen molar-refractivity contribution < 1.29 is 13.9 Å². The number of hydrogen-bond acceptors (Lipinski definition) is 3. The van der Waals surface area contributed by atoms with Crippen molar-refractivity contribution in [2.75, 3.05) is 33.8 Å². The van der Waals surface area contributed by atoms with Crippen LogP contribution in [-0.4, -0.2) is 55.5 Å². The molecule has 0 aromatic heterocycles. The first-order chi connectivity index (χ1) is 9.61. The number of nitrogens with zero attached hydrogens (tertiary/aromatic N) is 2. The number of ether oxygens (including phenoxy) is 1. The van der Waals surface area contributed by atoms with E-state index in [-0.39, 0.29) is 11.5 Å². The number of methoxy groups -OCH3 is 1. The molecule has 108 valence electrons. The Kier molecular flexibility index (Phi) is 3.38. The van der Waals surface area contributed by atoms with Gasteiger partial charge in [0.2, 0.25) is 0 Å². The molecule has 0 bridgehead atoms. The highest BCUT2D eigenvalue weighted by atomic mass is 19.1. The van der Waals surface area contributed by atoms with Crippen LogP contribution in [0.3, 0.4) is 0 Å². The maximum Gasteiger partial charge on any atom is 0.260 e. The van der Waals surface area contributed by atoms with Gasteiger partial charge < -0.3 is 14.5 Å². The van der Waals surface area contributed by atoms with Crippen molar-refractivity contribution in [3.05, 3.63) is 29.6 Å². The smallest absolute Gasteiger partial charge is 0.260 e. The molecule has 1 aromatic rings. The highest BCUT2D eigenvalue weighted by molar-refractivity contribution is 5.97. The predicted molar refractivity (Wildman–Crippen MR) is 73.4 cm³/mol. The summed E-state index contributed by atoms with van der Waals surface area (Å²) < 4.78 is 19.1. The summed E-state index contributed by atoms with van der Waals surface area (Å²) >= 11 is 0. The van der Waals surface area contributed by atoms with Gasteiger partial charge in [0.15, 0.2) is 0 Å². The summed E-state index contributed by atoms with van der Waals surface area (Å²) in [6.45, 7) is 2.48. The minimum atomic E-state index is -0.514. The van der Waals surface area contributed by atoms with Gasteiger partial charge in [-0.05, 0) is 38.1 Å². The summed E-state index contributed by atoms with van der Waals surface area (Å²) in [5, 5.41) is 0. The Morgan fingerprint density at radius 1 is 1.40 bits per heavy atom. The summed E-state index contributed by atoms with van der Waals surface area (Å²) in [5.41, 5.74) is 0.0534. The van der Waals surface area contributed by atoms with E-state index in [1.165, 1.54) is 13.2 Å². The van der Waals surface area contributed by atoms with Gasteiger partial charge in [-0.3, -0.25) is 4.79 Å². The van der Waals surface area contributed by atoms with Gasteiger partial charge in [0.1, 0.15) is 17.1 Å². The zero-order valence-electron chi connectivity index (χ0n) is 11.8. The Labute approximate surface area is 118 Å². The molecule has 0 spiro atoms. The lowest BCUT2D eigenvalue weighted by atomic mass is 10.1. The number of carbonyl (C=O) groups is 1. The lowest BCUT2D eigenvalue weighted by Crippen LogP contribution is -2.35. The van der Waals surface area contributed by atoms with Gasteiger partial charge in [-0.25, -0.2) is 4.39 Å². The normalized spacial score (nSPS) is 25.9. The predicted octanol–water partition coefficient (Wildman–Crippen LogP) is 1.61. The van der Waals surface area contributed by atoms with E-state index in [0.29, 0.717) is 30.8 Å². The van der Waals surface area contributed by atoms with Gasteiger partial charge in [-0.1, -0.05) is 6.07 Å². The van der Waals surface area contributed by atoms with Crippen molar-refractivity contribution in [2.24, 2.45) is 5.92 Å². The molecule has 20 heavy (non-hydrogen) atoms. The summed E-state index contributed by atoms with van der Waals surface area (Å²) in [7, 11) is 3.54. The molecule has 2 saturated heterocycles. The molecule has 0 saturated carbocycles. The first-order valence-electron chi connectivity index (χ1n) is 6.94. The van der Waals surface area contributed by atoms with Crippen LogP contribution >= 0.6 is 0 Å². The van der Waals surface area contributed by atoms with Crippen LogP contribution in [0.25, 0.3) is 0 Å². The van der Waals surface area contributed by atoms with Crippen LogP contribution in [0.2, 0.25) is 0 Å².